The molecule has 1 atom stereocenters. The molecule has 1 aromatic carbocycles. The zero-order valence-corrected chi connectivity index (χ0v) is 18.5. The number of aromatic nitrogens is 1. The fourth-order valence-electron chi connectivity index (χ4n) is 5.52. The number of benzene rings is 1. The van der Waals surface area contributed by atoms with Gasteiger partial charge in [0.2, 0.25) is 5.91 Å². The van der Waals surface area contributed by atoms with E-state index in [1.165, 1.54) is 0 Å². The number of anilines is 1. The van der Waals surface area contributed by atoms with Crippen molar-refractivity contribution in [2.24, 2.45) is 5.92 Å². The summed E-state index contributed by atoms with van der Waals surface area (Å²) >= 11 is 0. The molecule has 1 amide bonds. The Bertz CT molecular complexity index is 851. The van der Waals surface area contributed by atoms with Crippen LogP contribution in [0.3, 0.4) is 0 Å². The number of methoxy groups -OCH3 is 1. The van der Waals surface area contributed by atoms with Gasteiger partial charge in [0.1, 0.15) is 5.52 Å². The Labute approximate surface area is 184 Å². The first-order chi connectivity index (χ1) is 15.2. The average molecular weight is 427 g/mol. The van der Waals surface area contributed by atoms with E-state index in [0.29, 0.717) is 11.9 Å². The third kappa shape index (κ3) is 4.44. The molecule has 3 saturated heterocycles. The minimum atomic E-state index is 0.187. The Hall–Kier alpha value is -2.12. The maximum absolute atomic E-state index is 13.0. The summed E-state index contributed by atoms with van der Waals surface area (Å²) in [6, 6.07) is 9.31. The van der Waals surface area contributed by atoms with Gasteiger partial charge in [0.25, 0.3) is 6.01 Å². The van der Waals surface area contributed by atoms with Crippen LogP contribution in [0.25, 0.3) is 11.1 Å². The largest absolute Gasteiger partial charge is 0.423 e. The number of carbonyl (C=O) groups is 1. The van der Waals surface area contributed by atoms with Crippen LogP contribution in [-0.2, 0) is 9.53 Å². The van der Waals surface area contributed by atoms with Gasteiger partial charge in [-0.25, -0.2) is 0 Å². The predicted molar refractivity (Wildman–Crippen MR) is 120 cm³/mol. The van der Waals surface area contributed by atoms with Crippen molar-refractivity contribution in [2.45, 2.75) is 50.7 Å². The lowest BCUT2D eigenvalue weighted by atomic mass is 9.91. The molecule has 0 aliphatic carbocycles. The lowest BCUT2D eigenvalue weighted by molar-refractivity contribution is -0.140. The van der Waals surface area contributed by atoms with E-state index in [1.54, 1.807) is 7.11 Å². The van der Waals surface area contributed by atoms with Crippen LogP contribution < -0.4 is 4.90 Å². The maximum atomic E-state index is 13.0. The molecule has 0 radical (unpaired) electrons. The van der Waals surface area contributed by atoms with E-state index in [-0.39, 0.29) is 12.0 Å². The molecular weight excluding hydrogens is 392 g/mol. The highest BCUT2D eigenvalue weighted by Gasteiger charge is 2.34. The Morgan fingerprint density at radius 3 is 2.55 bits per heavy atom. The second-order valence-electron chi connectivity index (χ2n) is 9.28. The molecule has 7 nitrogen and oxygen atoms in total. The molecule has 5 rings (SSSR count). The monoisotopic (exact) mass is 426 g/mol. The maximum Gasteiger partial charge on any atom is 0.298 e. The number of fused-ring (bicyclic) bond motifs is 1. The van der Waals surface area contributed by atoms with Gasteiger partial charge in [0, 0.05) is 45.2 Å². The van der Waals surface area contributed by atoms with Gasteiger partial charge >= 0.3 is 0 Å². The van der Waals surface area contributed by atoms with E-state index in [9.17, 15) is 4.79 Å². The highest BCUT2D eigenvalue weighted by atomic mass is 16.5. The van der Waals surface area contributed by atoms with Crippen molar-refractivity contribution in [3.05, 3.63) is 24.3 Å². The Balaban J connectivity index is 1.10. The van der Waals surface area contributed by atoms with E-state index in [4.69, 9.17) is 9.15 Å². The van der Waals surface area contributed by atoms with Crippen LogP contribution in [0.4, 0.5) is 6.01 Å². The first-order valence-corrected chi connectivity index (χ1v) is 11.9. The van der Waals surface area contributed by atoms with Crippen LogP contribution in [0.5, 0.6) is 0 Å². The fourth-order valence-corrected chi connectivity index (χ4v) is 5.52. The number of ether oxygens (including phenoxy) is 1. The Morgan fingerprint density at radius 2 is 1.81 bits per heavy atom. The average Bonchev–Trinajstić information content (AvgIpc) is 3.28. The summed E-state index contributed by atoms with van der Waals surface area (Å²) in [5, 5.41) is 0. The first kappa shape index (κ1) is 20.8. The summed E-state index contributed by atoms with van der Waals surface area (Å²) < 4.78 is 11.4. The van der Waals surface area contributed by atoms with Crippen LogP contribution >= 0.6 is 0 Å². The summed E-state index contributed by atoms with van der Waals surface area (Å²) in [4.78, 5) is 24.6. The molecule has 168 valence electrons. The molecule has 0 spiro atoms. The molecule has 7 heteroatoms. The minimum Gasteiger partial charge on any atom is -0.423 e. The molecule has 0 bridgehead atoms. The Kier molecular flexibility index (Phi) is 6.14. The molecule has 2 aromatic rings. The van der Waals surface area contributed by atoms with Crippen molar-refractivity contribution in [2.75, 3.05) is 51.3 Å². The topological polar surface area (TPSA) is 62.1 Å². The lowest BCUT2D eigenvalue weighted by Crippen LogP contribution is -2.51. The summed E-state index contributed by atoms with van der Waals surface area (Å²) in [6.45, 7) is 5.68. The van der Waals surface area contributed by atoms with Crippen LogP contribution in [0.15, 0.2) is 28.7 Å². The number of oxazole rings is 1. The van der Waals surface area contributed by atoms with Gasteiger partial charge in [-0.1, -0.05) is 12.1 Å². The summed E-state index contributed by atoms with van der Waals surface area (Å²) in [6.07, 6.45) is 6.56. The minimum absolute atomic E-state index is 0.187. The zero-order valence-electron chi connectivity index (χ0n) is 18.5. The quantitative estimate of drug-likeness (QED) is 0.749. The third-order valence-corrected chi connectivity index (χ3v) is 7.44. The highest BCUT2D eigenvalue weighted by Crippen LogP contribution is 2.29. The molecule has 0 saturated carbocycles. The van der Waals surface area contributed by atoms with Gasteiger partial charge in [-0.15, -0.1) is 0 Å². The van der Waals surface area contributed by atoms with E-state index in [1.807, 2.05) is 24.3 Å². The number of hydrogen-bond donors (Lipinski definition) is 0. The molecule has 3 aliphatic rings. The van der Waals surface area contributed by atoms with E-state index < -0.39 is 0 Å². The van der Waals surface area contributed by atoms with Crippen LogP contribution in [0.2, 0.25) is 0 Å². The van der Waals surface area contributed by atoms with Gasteiger partial charge < -0.3 is 23.9 Å². The molecular formula is C24H34N4O3. The van der Waals surface area contributed by atoms with E-state index >= 15 is 0 Å². The Morgan fingerprint density at radius 1 is 1.03 bits per heavy atom. The van der Waals surface area contributed by atoms with Crippen LogP contribution in [-0.4, -0.2) is 79.2 Å². The van der Waals surface area contributed by atoms with Gasteiger partial charge in [0.05, 0.1) is 6.10 Å². The van der Waals surface area contributed by atoms with Gasteiger partial charge in [-0.05, 0) is 63.7 Å². The van der Waals surface area contributed by atoms with Crippen molar-refractivity contribution in [1.82, 2.24) is 14.8 Å². The molecule has 1 aromatic heterocycles. The zero-order chi connectivity index (χ0) is 21.2. The van der Waals surface area contributed by atoms with E-state index in [0.717, 1.165) is 94.9 Å². The summed E-state index contributed by atoms with van der Waals surface area (Å²) in [5.74, 6) is 0.541. The number of likely N-dealkylation sites (tertiary alicyclic amines) is 2. The van der Waals surface area contributed by atoms with Crippen molar-refractivity contribution in [3.8, 4) is 0 Å². The van der Waals surface area contributed by atoms with Crippen molar-refractivity contribution in [1.29, 1.82) is 0 Å². The van der Waals surface area contributed by atoms with Gasteiger partial charge in [-0.3, -0.25) is 4.79 Å². The van der Waals surface area contributed by atoms with Crippen LogP contribution in [0, 0.1) is 5.92 Å². The second kappa shape index (κ2) is 9.17. The molecule has 1 unspecified atom stereocenters. The van der Waals surface area contributed by atoms with Crippen LogP contribution in [0.1, 0.15) is 38.5 Å². The van der Waals surface area contributed by atoms with Crippen molar-refractivity contribution >= 4 is 23.0 Å². The first-order valence-electron chi connectivity index (χ1n) is 11.9. The number of piperidine rings is 3. The molecule has 31 heavy (non-hydrogen) atoms. The normalized spacial score (nSPS) is 24.7. The molecule has 3 aliphatic heterocycles. The number of nitrogens with zero attached hydrogens (tertiary/aromatic N) is 4. The number of rotatable bonds is 4. The number of para-hydroxylation sites is 2. The summed E-state index contributed by atoms with van der Waals surface area (Å²) in [5.41, 5.74) is 1.79. The van der Waals surface area contributed by atoms with Crippen molar-refractivity contribution in [3.63, 3.8) is 0 Å². The highest BCUT2D eigenvalue weighted by molar-refractivity contribution is 5.79. The predicted octanol–water partition coefficient (Wildman–Crippen LogP) is 3.15. The molecule has 0 N–H and O–H groups in total. The summed E-state index contributed by atoms with van der Waals surface area (Å²) in [7, 11) is 1.76. The lowest BCUT2D eigenvalue weighted by Gasteiger charge is -2.42. The number of amides is 1. The SMILES string of the molecule is COC1CCCN(C(=O)C2CCN(C3CCN(c4nc5ccccc5o4)CC3)CC2)C1. The van der Waals surface area contributed by atoms with Crippen molar-refractivity contribution < 1.29 is 13.9 Å². The van der Waals surface area contributed by atoms with Gasteiger partial charge in [0.15, 0.2) is 5.58 Å². The smallest absolute Gasteiger partial charge is 0.298 e. The van der Waals surface area contributed by atoms with Gasteiger partial charge in [-0.2, -0.15) is 4.98 Å². The van der Waals surface area contributed by atoms with E-state index in [2.05, 4.69) is 19.7 Å². The molecule has 3 fully saturated rings. The fraction of sp³-hybridized carbons (Fsp3) is 0.667. The second-order valence-corrected chi connectivity index (χ2v) is 9.28. The standard InChI is InChI=1S/C24H34N4O3/c1-30-20-5-4-12-28(17-20)23(29)18-8-13-26(14-9-18)19-10-15-27(16-11-19)24-25-21-6-2-3-7-22(21)31-24/h2-3,6-7,18-20H,4-5,8-17H2,1H3. The third-order valence-electron chi connectivity index (χ3n) is 7.44. The molecule has 4 heterocycles. The number of hydrogen-bond acceptors (Lipinski definition) is 6. The number of carbonyl (C=O) groups excluding carboxylic acids is 1.